The number of rotatable bonds is 1. The Labute approximate surface area is 65.9 Å². The van der Waals surface area contributed by atoms with Gasteiger partial charge in [0.25, 0.3) is 5.82 Å². The van der Waals surface area contributed by atoms with E-state index in [0.29, 0.717) is 4.85 Å². The molecule has 4 nitrogen and oxygen atoms in total. The van der Waals surface area contributed by atoms with Gasteiger partial charge in [-0.25, -0.2) is 4.98 Å². The molecular weight excluding hydrogens is 175 g/mol. The van der Waals surface area contributed by atoms with E-state index in [1.54, 1.807) is 0 Å². The van der Waals surface area contributed by atoms with Gasteiger partial charge in [0.05, 0.1) is 0 Å². The van der Waals surface area contributed by atoms with Crippen molar-refractivity contribution in [3.05, 3.63) is 11.6 Å². The van der Waals surface area contributed by atoms with Crippen molar-refractivity contribution < 1.29 is 18.0 Å². The first kappa shape index (κ1) is 8.82. The maximum Gasteiger partial charge on any atom is 0.453 e. The van der Waals surface area contributed by atoms with Crippen LogP contribution < -0.4 is 4.84 Å². The van der Waals surface area contributed by atoms with Crippen molar-refractivity contribution in [2.45, 2.75) is 13.1 Å². The van der Waals surface area contributed by atoms with Crippen LogP contribution >= 0.6 is 0 Å². The highest BCUT2D eigenvalue weighted by molar-refractivity contribution is 4.93. The van der Waals surface area contributed by atoms with Gasteiger partial charge in [0.1, 0.15) is 7.11 Å². The highest BCUT2D eigenvalue weighted by atomic mass is 19.4. The Hall–Kier alpha value is -1.27. The van der Waals surface area contributed by atoms with E-state index in [1.807, 2.05) is 0 Å². The topological polar surface area (TPSA) is 39.9 Å². The molecule has 0 spiro atoms. The number of alkyl halides is 3. The van der Waals surface area contributed by atoms with Crippen molar-refractivity contribution in [1.82, 2.24) is 14.9 Å². The number of hydrogen-bond acceptors (Lipinski definition) is 3. The number of aromatic nitrogens is 3. The van der Waals surface area contributed by atoms with Crippen molar-refractivity contribution >= 4 is 0 Å². The van der Waals surface area contributed by atoms with E-state index >= 15 is 0 Å². The molecule has 0 aliphatic carbocycles. The Morgan fingerprint density at radius 3 is 2.25 bits per heavy atom. The quantitative estimate of drug-likeness (QED) is 0.639. The van der Waals surface area contributed by atoms with Crippen molar-refractivity contribution in [3.63, 3.8) is 0 Å². The smallest absolute Gasteiger partial charge is 0.399 e. The summed E-state index contributed by atoms with van der Waals surface area (Å²) in [6.07, 6.45) is -4.52. The van der Waals surface area contributed by atoms with Gasteiger partial charge in [-0.05, 0) is 6.92 Å². The molecule has 0 amide bonds. The standard InChI is InChI=1S/C5H6F3N3O/c1-3-9-4(5(6,7)8)10-11(3)12-2/h1-2H3. The first-order chi connectivity index (χ1) is 5.45. The van der Waals surface area contributed by atoms with E-state index in [-0.39, 0.29) is 5.82 Å². The van der Waals surface area contributed by atoms with Gasteiger partial charge in [0.2, 0.25) is 0 Å². The SMILES string of the molecule is COn1nc(C(F)(F)F)nc1C. The van der Waals surface area contributed by atoms with Crippen LogP contribution in [-0.4, -0.2) is 22.0 Å². The summed E-state index contributed by atoms with van der Waals surface area (Å²) in [5, 5.41) is 3.06. The predicted molar refractivity (Wildman–Crippen MR) is 32.3 cm³/mol. The molecule has 0 saturated heterocycles. The normalized spacial score (nSPS) is 11.8. The zero-order valence-corrected chi connectivity index (χ0v) is 6.38. The maximum atomic E-state index is 11.9. The molecule has 7 heteroatoms. The molecule has 0 atom stereocenters. The van der Waals surface area contributed by atoms with E-state index in [1.165, 1.54) is 14.0 Å². The summed E-state index contributed by atoms with van der Waals surface area (Å²) in [5.74, 6) is -1.13. The summed E-state index contributed by atoms with van der Waals surface area (Å²) >= 11 is 0. The zero-order chi connectivity index (χ0) is 9.35. The average Bonchev–Trinajstić information content (AvgIpc) is 2.29. The molecule has 1 aromatic heterocycles. The molecule has 1 rings (SSSR count). The van der Waals surface area contributed by atoms with E-state index in [9.17, 15) is 13.2 Å². The van der Waals surface area contributed by atoms with Gasteiger partial charge in [-0.15, -0.1) is 5.10 Å². The number of hydrogen-bond donors (Lipinski definition) is 0. The van der Waals surface area contributed by atoms with Crippen molar-refractivity contribution in [1.29, 1.82) is 0 Å². The Morgan fingerprint density at radius 1 is 1.42 bits per heavy atom. The van der Waals surface area contributed by atoms with Gasteiger partial charge in [-0.3, -0.25) is 0 Å². The molecule has 1 heterocycles. The predicted octanol–water partition coefficient (Wildman–Crippen LogP) is 0.664. The lowest BCUT2D eigenvalue weighted by atomic mass is 10.6. The van der Waals surface area contributed by atoms with E-state index in [0.717, 1.165) is 0 Å². The van der Waals surface area contributed by atoms with E-state index in [2.05, 4.69) is 14.9 Å². The molecule has 12 heavy (non-hydrogen) atoms. The highest BCUT2D eigenvalue weighted by Gasteiger charge is 2.36. The molecule has 0 aliphatic rings. The minimum absolute atomic E-state index is 0.0600. The molecule has 0 radical (unpaired) electrons. The minimum atomic E-state index is -4.52. The van der Waals surface area contributed by atoms with Crippen LogP contribution in [0.3, 0.4) is 0 Å². The molecule has 1 aromatic rings. The number of aryl methyl sites for hydroxylation is 1. The molecule has 0 bridgehead atoms. The molecule has 0 aromatic carbocycles. The van der Waals surface area contributed by atoms with Gasteiger partial charge in [0.15, 0.2) is 5.82 Å². The van der Waals surface area contributed by atoms with Crippen LogP contribution in [0.2, 0.25) is 0 Å². The summed E-state index contributed by atoms with van der Waals surface area (Å²) in [6.45, 7) is 1.37. The largest absolute Gasteiger partial charge is 0.453 e. The number of halogens is 3. The molecule has 0 saturated carbocycles. The Bertz CT molecular complexity index is 280. The maximum absolute atomic E-state index is 11.9. The Balaban J connectivity index is 3.05. The van der Waals surface area contributed by atoms with Gasteiger partial charge >= 0.3 is 6.18 Å². The Morgan fingerprint density at radius 2 is 2.00 bits per heavy atom. The molecular formula is C5H6F3N3O. The van der Waals surface area contributed by atoms with Crippen molar-refractivity contribution in [2.24, 2.45) is 0 Å². The fourth-order valence-corrected chi connectivity index (χ4v) is 0.670. The van der Waals surface area contributed by atoms with E-state index < -0.39 is 12.0 Å². The van der Waals surface area contributed by atoms with E-state index in [4.69, 9.17) is 0 Å². The second kappa shape index (κ2) is 2.65. The molecule has 0 aliphatic heterocycles. The third-order valence-corrected chi connectivity index (χ3v) is 1.16. The number of nitrogens with zero attached hydrogens (tertiary/aromatic N) is 3. The summed E-state index contributed by atoms with van der Waals surface area (Å²) < 4.78 is 35.8. The Kier molecular flexibility index (Phi) is 1.95. The van der Waals surface area contributed by atoms with Crippen LogP contribution in [0.1, 0.15) is 11.6 Å². The van der Waals surface area contributed by atoms with Crippen molar-refractivity contribution in [3.8, 4) is 0 Å². The van der Waals surface area contributed by atoms with Crippen LogP contribution in [0, 0.1) is 6.92 Å². The van der Waals surface area contributed by atoms with Crippen LogP contribution in [-0.2, 0) is 6.18 Å². The molecule has 0 N–H and O–H groups in total. The van der Waals surface area contributed by atoms with Crippen molar-refractivity contribution in [2.75, 3.05) is 7.11 Å². The monoisotopic (exact) mass is 181 g/mol. The fraction of sp³-hybridized carbons (Fsp3) is 0.600. The lowest BCUT2D eigenvalue weighted by Gasteiger charge is -1.98. The molecule has 0 unspecified atom stereocenters. The molecule has 0 fully saturated rings. The fourth-order valence-electron chi connectivity index (χ4n) is 0.670. The van der Waals surface area contributed by atoms with Crippen LogP contribution in [0.25, 0.3) is 0 Å². The lowest BCUT2D eigenvalue weighted by Crippen LogP contribution is -2.12. The lowest BCUT2D eigenvalue weighted by molar-refractivity contribution is -0.145. The van der Waals surface area contributed by atoms with Gasteiger partial charge in [-0.1, -0.05) is 4.85 Å². The second-order valence-corrected chi connectivity index (χ2v) is 2.04. The summed E-state index contributed by atoms with van der Waals surface area (Å²) in [6, 6.07) is 0. The van der Waals surface area contributed by atoms with Gasteiger partial charge in [-0.2, -0.15) is 13.2 Å². The third-order valence-electron chi connectivity index (χ3n) is 1.16. The zero-order valence-electron chi connectivity index (χ0n) is 6.38. The molecule has 68 valence electrons. The van der Waals surface area contributed by atoms with Crippen LogP contribution in [0.15, 0.2) is 0 Å². The summed E-state index contributed by atoms with van der Waals surface area (Å²) in [5.41, 5.74) is 0. The average molecular weight is 181 g/mol. The summed E-state index contributed by atoms with van der Waals surface area (Å²) in [7, 11) is 1.21. The van der Waals surface area contributed by atoms with Gasteiger partial charge < -0.3 is 4.84 Å². The minimum Gasteiger partial charge on any atom is -0.399 e. The first-order valence-electron chi connectivity index (χ1n) is 3.00. The first-order valence-corrected chi connectivity index (χ1v) is 3.00. The third kappa shape index (κ3) is 1.49. The van der Waals surface area contributed by atoms with Gasteiger partial charge in [0, 0.05) is 0 Å². The second-order valence-electron chi connectivity index (χ2n) is 2.04. The highest BCUT2D eigenvalue weighted by Crippen LogP contribution is 2.25. The van der Waals surface area contributed by atoms with Crippen LogP contribution in [0.4, 0.5) is 13.2 Å². The van der Waals surface area contributed by atoms with Crippen LogP contribution in [0.5, 0.6) is 0 Å². The summed E-state index contributed by atoms with van der Waals surface area (Å²) in [4.78, 5) is 8.33.